The van der Waals surface area contributed by atoms with E-state index in [0.717, 1.165) is 27.0 Å². The van der Waals surface area contributed by atoms with Crippen LogP contribution in [-0.2, 0) is 10.5 Å². The quantitative estimate of drug-likeness (QED) is 0.382. The van der Waals surface area contributed by atoms with Gasteiger partial charge in [0.1, 0.15) is 11.5 Å². The Kier molecular flexibility index (Phi) is 7.48. The van der Waals surface area contributed by atoms with Gasteiger partial charge in [-0.05, 0) is 29.7 Å². The maximum atomic E-state index is 12.7. The molecule has 29 heavy (non-hydrogen) atoms. The van der Waals surface area contributed by atoms with Gasteiger partial charge < -0.3 is 9.47 Å². The molecule has 6 nitrogen and oxygen atoms in total. The van der Waals surface area contributed by atoms with Gasteiger partial charge in [-0.1, -0.05) is 60.4 Å². The molecular formula is C21H23N3O3S2. The molecule has 2 aromatic carbocycles. The van der Waals surface area contributed by atoms with Crippen molar-refractivity contribution in [3.05, 3.63) is 59.7 Å². The van der Waals surface area contributed by atoms with E-state index in [0.29, 0.717) is 17.3 Å². The first-order valence-corrected chi connectivity index (χ1v) is 11.0. The molecule has 0 aliphatic carbocycles. The third kappa shape index (κ3) is 5.71. The molecule has 0 bridgehead atoms. The van der Waals surface area contributed by atoms with Crippen molar-refractivity contribution in [2.45, 2.75) is 29.4 Å². The van der Waals surface area contributed by atoms with Gasteiger partial charge in [0.15, 0.2) is 4.34 Å². The first kappa shape index (κ1) is 21.1. The van der Waals surface area contributed by atoms with E-state index in [4.69, 9.17) is 9.47 Å². The molecule has 0 saturated heterocycles. The smallest absolute Gasteiger partial charge is 0.233 e. The van der Waals surface area contributed by atoms with Gasteiger partial charge in [-0.2, -0.15) is 0 Å². The zero-order valence-electron chi connectivity index (χ0n) is 16.5. The third-order valence-corrected chi connectivity index (χ3v) is 6.38. The Morgan fingerprint density at radius 3 is 2.41 bits per heavy atom. The fraction of sp³-hybridized carbons (Fsp3) is 0.286. The van der Waals surface area contributed by atoms with Gasteiger partial charge in [0, 0.05) is 11.8 Å². The Balaban J connectivity index is 1.61. The molecule has 1 amide bonds. The van der Waals surface area contributed by atoms with Crippen molar-refractivity contribution in [2.24, 2.45) is 0 Å². The molecule has 8 heteroatoms. The lowest BCUT2D eigenvalue weighted by Gasteiger charge is -2.13. The van der Waals surface area contributed by atoms with Gasteiger partial charge in [-0.3, -0.25) is 10.1 Å². The Morgan fingerprint density at radius 2 is 1.79 bits per heavy atom. The second-order valence-electron chi connectivity index (χ2n) is 6.24. The summed E-state index contributed by atoms with van der Waals surface area (Å²) in [5, 5.41) is 11.7. The average molecular weight is 430 g/mol. The topological polar surface area (TPSA) is 73.3 Å². The van der Waals surface area contributed by atoms with Crippen LogP contribution in [0, 0.1) is 0 Å². The van der Waals surface area contributed by atoms with Crippen LogP contribution in [0.2, 0.25) is 0 Å². The van der Waals surface area contributed by atoms with Crippen LogP contribution in [0.4, 0.5) is 5.13 Å². The average Bonchev–Trinajstić information content (AvgIpc) is 3.20. The van der Waals surface area contributed by atoms with Gasteiger partial charge in [-0.25, -0.2) is 0 Å². The Morgan fingerprint density at radius 1 is 1.10 bits per heavy atom. The highest BCUT2D eigenvalue weighted by atomic mass is 32.2. The number of carbonyl (C=O) groups is 1. The summed E-state index contributed by atoms with van der Waals surface area (Å²) in [6.45, 7) is 2.00. The summed E-state index contributed by atoms with van der Waals surface area (Å²) in [5.41, 5.74) is 2.06. The third-order valence-electron chi connectivity index (χ3n) is 4.34. The number of hydrogen-bond acceptors (Lipinski definition) is 7. The zero-order chi connectivity index (χ0) is 20.6. The lowest BCUT2D eigenvalue weighted by atomic mass is 9.96. The Labute approximate surface area is 178 Å². The van der Waals surface area contributed by atoms with E-state index in [1.54, 1.807) is 26.0 Å². The summed E-state index contributed by atoms with van der Waals surface area (Å²) >= 11 is 2.92. The van der Waals surface area contributed by atoms with Crippen molar-refractivity contribution in [1.29, 1.82) is 0 Å². The van der Waals surface area contributed by atoms with Crippen molar-refractivity contribution in [3.63, 3.8) is 0 Å². The second kappa shape index (κ2) is 10.3. The normalized spacial score (nSPS) is 11.7. The summed E-state index contributed by atoms with van der Waals surface area (Å²) in [4.78, 5) is 12.7. The Bertz CT molecular complexity index is 925. The van der Waals surface area contributed by atoms with Crippen molar-refractivity contribution in [3.8, 4) is 11.5 Å². The van der Waals surface area contributed by atoms with Gasteiger partial charge in [-0.15, -0.1) is 10.2 Å². The highest BCUT2D eigenvalue weighted by Gasteiger charge is 2.20. The second-order valence-corrected chi connectivity index (χ2v) is 8.44. The number of rotatable bonds is 9. The summed E-state index contributed by atoms with van der Waals surface area (Å²) in [5.74, 6) is 1.91. The molecule has 0 aliphatic rings. The van der Waals surface area contributed by atoms with E-state index in [2.05, 4.69) is 15.5 Å². The molecule has 1 N–H and O–H groups in total. The van der Waals surface area contributed by atoms with Gasteiger partial charge >= 0.3 is 0 Å². The first-order chi connectivity index (χ1) is 14.1. The van der Waals surface area contributed by atoms with Crippen LogP contribution in [0.1, 0.15) is 30.4 Å². The number of aromatic nitrogens is 2. The van der Waals surface area contributed by atoms with Crippen LogP contribution < -0.4 is 14.8 Å². The van der Waals surface area contributed by atoms with E-state index >= 15 is 0 Å². The van der Waals surface area contributed by atoms with E-state index in [1.165, 1.54) is 11.3 Å². The van der Waals surface area contributed by atoms with Gasteiger partial charge in [0.25, 0.3) is 0 Å². The lowest BCUT2D eigenvalue weighted by molar-refractivity contribution is -0.117. The number of carbonyl (C=O) groups excluding carboxylic acids is 1. The molecule has 0 spiro atoms. The molecule has 3 rings (SSSR count). The van der Waals surface area contributed by atoms with Crippen molar-refractivity contribution in [1.82, 2.24) is 10.2 Å². The van der Waals surface area contributed by atoms with Gasteiger partial charge in [0.2, 0.25) is 11.0 Å². The fourth-order valence-electron chi connectivity index (χ4n) is 2.86. The summed E-state index contributed by atoms with van der Waals surface area (Å²) in [6, 6.07) is 15.5. The van der Waals surface area contributed by atoms with Crippen LogP contribution in [-0.4, -0.2) is 30.3 Å². The molecule has 0 fully saturated rings. The van der Waals surface area contributed by atoms with Crippen molar-refractivity contribution in [2.75, 3.05) is 19.5 Å². The van der Waals surface area contributed by atoms with E-state index < -0.39 is 0 Å². The van der Waals surface area contributed by atoms with Crippen LogP contribution >= 0.6 is 23.1 Å². The number of nitrogens with one attached hydrogen (secondary N) is 1. The van der Waals surface area contributed by atoms with Crippen LogP contribution in [0.15, 0.2) is 52.9 Å². The number of methoxy groups -OCH3 is 2. The van der Waals surface area contributed by atoms with Crippen LogP contribution in [0.25, 0.3) is 0 Å². The monoisotopic (exact) mass is 429 g/mol. The minimum Gasteiger partial charge on any atom is -0.497 e. The highest BCUT2D eigenvalue weighted by molar-refractivity contribution is 8.00. The predicted molar refractivity (Wildman–Crippen MR) is 117 cm³/mol. The minimum atomic E-state index is -0.208. The van der Waals surface area contributed by atoms with Gasteiger partial charge in [0.05, 0.1) is 20.1 Å². The summed E-state index contributed by atoms with van der Waals surface area (Å²) < 4.78 is 11.4. The van der Waals surface area contributed by atoms with Crippen molar-refractivity contribution >= 4 is 34.1 Å². The number of hydrogen-bond donors (Lipinski definition) is 1. The molecule has 0 saturated carbocycles. The number of nitrogens with zero attached hydrogens (tertiary/aromatic N) is 2. The maximum absolute atomic E-state index is 12.7. The van der Waals surface area contributed by atoms with Crippen molar-refractivity contribution < 1.29 is 14.3 Å². The molecule has 0 aliphatic heterocycles. The molecule has 0 radical (unpaired) electrons. The summed E-state index contributed by atoms with van der Waals surface area (Å²) in [6.07, 6.45) is 0.716. The highest BCUT2D eigenvalue weighted by Crippen LogP contribution is 2.32. The minimum absolute atomic E-state index is 0.0658. The number of ether oxygens (including phenoxy) is 2. The number of benzene rings is 2. The van der Waals surface area contributed by atoms with E-state index in [1.807, 2.05) is 55.5 Å². The number of thioether (sulfide) groups is 1. The van der Waals surface area contributed by atoms with E-state index in [9.17, 15) is 4.79 Å². The zero-order valence-corrected chi connectivity index (χ0v) is 18.2. The van der Waals surface area contributed by atoms with E-state index in [-0.39, 0.29) is 11.8 Å². The molecular weight excluding hydrogens is 406 g/mol. The molecule has 1 heterocycles. The lowest BCUT2D eigenvalue weighted by Crippen LogP contribution is -2.20. The Hall–Kier alpha value is -2.58. The fourth-order valence-corrected chi connectivity index (χ4v) is 4.55. The molecule has 0 unspecified atom stereocenters. The predicted octanol–water partition coefficient (Wildman–Crippen LogP) is 4.98. The first-order valence-electron chi connectivity index (χ1n) is 9.17. The SMILES string of the molecule is CC[C@@H](C(=O)Nc1nnc(SCc2cc(OC)cc(OC)c2)s1)c1ccccc1. The largest absolute Gasteiger partial charge is 0.497 e. The molecule has 3 aromatic rings. The van der Waals surface area contributed by atoms with Crippen LogP contribution in [0.3, 0.4) is 0 Å². The summed E-state index contributed by atoms with van der Waals surface area (Å²) in [7, 11) is 3.26. The number of anilines is 1. The molecule has 1 atom stereocenters. The van der Waals surface area contributed by atoms with Crippen LogP contribution in [0.5, 0.6) is 11.5 Å². The number of amides is 1. The molecule has 1 aromatic heterocycles. The maximum Gasteiger partial charge on any atom is 0.233 e. The molecule has 152 valence electrons. The standard InChI is InChI=1S/C21H23N3O3S2/c1-4-18(15-8-6-5-7-9-15)19(25)22-20-23-24-21(29-20)28-13-14-10-16(26-2)12-17(11-14)27-3/h5-12,18H,4,13H2,1-3H3,(H,22,23,25)/t18-/m1/s1.